The van der Waals surface area contributed by atoms with Crippen LogP contribution in [0.2, 0.25) is 0 Å². The Balaban J connectivity index is 0.00000342. The second kappa shape index (κ2) is 11.5. The van der Waals surface area contributed by atoms with Crippen LogP contribution < -0.4 is 51.4 Å². The van der Waals surface area contributed by atoms with E-state index in [0.29, 0.717) is 28.0 Å². The number of oxime groups is 1. The van der Waals surface area contributed by atoms with Crippen molar-refractivity contribution in [3.8, 4) is 0 Å². The molecule has 0 saturated carbocycles. The number of thiazole rings is 2. The Morgan fingerprint density at radius 2 is 2.11 bits per heavy atom. The van der Waals surface area contributed by atoms with Crippen molar-refractivity contribution >= 4 is 80.0 Å². The van der Waals surface area contributed by atoms with Gasteiger partial charge in [-0.1, -0.05) is 5.16 Å². The number of nitrogens with zero attached hydrogens (tertiary/aromatic N) is 4. The SMILES string of the molecule is Cc1sc(N)nc1CCSC1=C(C(=O)[O-])N2C(=O)[C@@H](NC(=O)/C(=N\O)c3csc(N)n3)[C@H]2SC1.[Na+]. The molecule has 2 aliphatic rings. The molecule has 0 radical (unpaired) electrons. The summed E-state index contributed by atoms with van der Waals surface area (Å²) in [7, 11) is 0. The molecule has 6 N–H and O–H groups in total. The zero-order valence-corrected chi connectivity index (χ0v) is 23.8. The number of nitrogen functional groups attached to an aromatic ring is 2. The van der Waals surface area contributed by atoms with E-state index in [9.17, 15) is 24.7 Å². The summed E-state index contributed by atoms with van der Waals surface area (Å²) in [5.41, 5.74) is 11.6. The summed E-state index contributed by atoms with van der Waals surface area (Å²) < 4.78 is 0. The molecule has 180 valence electrons. The van der Waals surface area contributed by atoms with Gasteiger partial charge in [0.1, 0.15) is 17.1 Å². The Labute approximate surface area is 237 Å². The molecular formula is C18H18N7NaO5S4. The van der Waals surface area contributed by atoms with Gasteiger partial charge in [-0.05, 0) is 6.92 Å². The molecule has 4 rings (SSSR count). The molecule has 2 amide bonds. The molecular weight excluding hydrogens is 546 g/mol. The number of carboxylic acids is 1. The first-order valence-electron chi connectivity index (χ1n) is 9.69. The maximum absolute atomic E-state index is 12.8. The molecule has 2 atom stereocenters. The summed E-state index contributed by atoms with van der Waals surface area (Å²) >= 11 is 5.09. The number of hydrogen-bond donors (Lipinski definition) is 4. The first-order valence-corrected chi connectivity index (χ1v) is 13.4. The minimum Gasteiger partial charge on any atom is -0.543 e. The summed E-state index contributed by atoms with van der Waals surface area (Å²) in [6.45, 7) is 1.92. The summed E-state index contributed by atoms with van der Waals surface area (Å²) in [5.74, 6) is -2.01. The second-order valence-electron chi connectivity index (χ2n) is 7.09. The van der Waals surface area contributed by atoms with Gasteiger partial charge in [0.15, 0.2) is 16.0 Å². The van der Waals surface area contributed by atoms with Crippen LogP contribution in [0.5, 0.6) is 0 Å². The average Bonchev–Trinajstić information content (AvgIpc) is 3.35. The molecule has 0 aromatic carbocycles. The molecule has 0 bridgehead atoms. The summed E-state index contributed by atoms with van der Waals surface area (Å²) in [6, 6.07) is -0.994. The third kappa shape index (κ3) is 5.63. The van der Waals surface area contributed by atoms with Crippen LogP contribution in [0.3, 0.4) is 0 Å². The van der Waals surface area contributed by atoms with Crippen LogP contribution in [0.1, 0.15) is 16.3 Å². The van der Waals surface area contributed by atoms with E-state index >= 15 is 0 Å². The van der Waals surface area contributed by atoms with Gasteiger partial charge in [0.05, 0.1) is 17.4 Å². The van der Waals surface area contributed by atoms with Crippen molar-refractivity contribution in [2.45, 2.75) is 24.8 Å². The van der Waals surface area contributed by atoms with Gasteiger partial charge in [0, 0.05) is 33.1 Å². The van der Waals surface area contributed by atoms with Gasteiger partial charge in [-0.2, -0.15) is 0 Å². The standard InChI is InChI=1S/C18H19N7O5S4.Na/c1-6-7(21-18(20)34-6)2-3-31-9-5-32-15-11(14(27)25(15)12(9)16(28)29)23-13(26)10(24-30)8-4-33-17(19)22-8;/h4,11,15,30H,2-3,5H2,1H3,(H2,19,22)(H2,20,21)(H,23,26)(H,28,29);/q;+1/p-1/b24-10-;/t11-,15-;/m1./s1. The number of carbonyl (C=O) groups excluding carboxylic acids is 3. The van der Waals surface area contributed by atoms with Gasteiger partial charge < -0.3 is 31.9 Å². The number of β-lactam (4-membered cyclic amide) rings is 1. The monoisotopic (exact) mass is 563 g/mol. The molecule has 0 aliphatic carbocycles. The summed E-state index contributed by atoms with van der Waals surface area (Å²) in [4.78, 5) is 48.1. The minimum absolute atomic E-state index is 0. The van der Waals surface area contributed by atoms with E-state index in [1.165, 1.54) is 40.2 Å². The van der Waals surface area contributed by atoms with E-state index in [1.54, 1.807) is 0 Å². The van der Waals surface area contributed by atoms with Gasteiger partial charge in [0.25, 0.3) is 11.8 Å². The van der Waals surface area contributed by atoms with Crippen molar-refractivity contribution in [2.75, 3.05) is 23.0 Å². The molecule has 1 saturated heterocycles. The zero-order valence-electron chi connectivity index (χ0n) is 18.5. The summed E-state index contributed by atoms with van der Waals surface area (Å²) in [6.07, 6.45) is 0.596. The largest absolute Gasteiger partial charge is 1.00 e. The maximum atomic E-state index is 12.8. The maximum Gasteiger partial charge on any atom is 1.00 e. The fourth-order valence-corrected chi connectivity index (χ4v) is 7.34. The predicted molar refractivity (Wildman–Crippen MR) is 129 cm³/mol. The third-order valence-electron chi connectivity index (χ3n) is 5.02. The first-order chi connectivity index (χ1) is 16.2. The first kappa shape index (κ1) is 27.8. The fraction of sp³-hybridized carbons (Fsp3) is 0.333. The quantitative estimate of drug-likeness (QED) is 0.0820. The molecule has 2 aromatic rings. The number of aromatic nitrogens is 2. The average molecular weight is 564 g/mol. The fourth-order valence-electron chi connectivity index (χ4n) is 3.46. The topological polar surface area (TPSA) is 200 Å². The number of anilines is 2. The molecule has 2 aliphatic heterocycles. The van der Waals surface area contributed by atoms with Crippen LogP contribution in [0.15, 0.2) is 21.1 Å². The van der Waals surface area contributed by atoms with Crippen molar-refractivity contribution in [1.29, 1.82) is 0 Å². The minimum atomic E-state index is -1.46. The number of amides is 2. The van der Waals surface area contributed by atoms with Gasteiger partial charge in [-0.25, -0.2) is 9.97 Å². The Morgan fingerprint density at radius 3 is 2.69 bits per heavy atom. The predicted octanol–water partition coefficient (Wildman–Crippen LogP) is -3.41. The third-order valence-corrected chi connectivity index (χ3v) is 9.09. The number of carbonyl (C=O) groups is 3. The Bertz CT molecular complexity index is 1230. The number of nitrogens with one attached hydrogen (secondary N) is 1. The number of rotatable bonds is 8. The van der Waals surface area contributed by atoms with Crippen molar-refractivity contribution in [3.63, 3.8) is 0 Å². The van der Waals surface area contributed by atoms with E-state index in [1.807, 2.05) is 6.92 Å². The summed E-state index contributed by atoms with van der Waals surface area (Å²) in [5, 5.41) is 28.1. The van der Waals surface area contributed by atoms with Crippen molar-refractivity contribution < 1.29 is 54.3 Å². The normalized spacial score (nSPS) is 19.6. The van der Waals surface area contributed by atoms with E-state index in [4.69, 9.17) is 11.5 Å². The van der Waals surface area contributed by atoms with Crippen molar-refractivity contribution in [1.82, 2.24) is 20.2 Å². The number of fused-ring (bicyclic) bond motifs is 1. The van der Waals surface area contributed by atoms with Crippen LogP contribution in [0, 0.1) is 6.92 Å². The van der Waals surface area contributed by atoms with Gasteiger partial charge in [0.2, 0.25) is 0 Å². The molecule has 0 spiro atoms. The van der Waals surface area contributed by atoms with Crippen LogP contribution in [-0.4, -0.2) is 66.5 Å². The van der Waals surface area contributed by atoms with Crippen LogP contribution >= 0.6 is 46.2 Å². The van der Waals surface area contributed by atoms with Crippen molar-refractivity contribution in [2.24, 2.45) is 5.16 Å². The van der Waals surface area contributed by atoms with Crippen LogP contribution in [0.25, 0.3) is 0 Å². The number of thioether (sulfide) groups is 2. The zero-order chi connectivity index (χ0) is 24.6. The van der Waals surface area contributed by atoms with E-state index in [-0.39, 0.29) is 46.1 Å². The van der Waals surface area contributed by atoms with E-state index in [0.717, 1.165) is 26.8 Å². The second-order valence-corrected chi connectivity index (χ2v) is 11.5. The smallest absolute Gasteiger partial charge is 0.543 e. The number of carboxylic acid groups (broad SMARTS) is 1. The molecule has 0 unspecified atom stereocenters. The molecule has 12 nitrogen and oxygen atoms in total. The molecule has 17 heteroatoms. The van der Waals surface area contributed by atoms with Crippen LogP contribution in [0.4, 0.5) is 10.3 Å². The molecule has 4 heterocycles. The Hall–Kier alpha value is -1.82. The van der Waals surface area contributed by atoms with E-state index in [2.05, 4.69) is 20.4 Å². The molecule has 1 fully saturated rings. The Kier molecular flexibility index (Phi) is 9.11. The van der Waals surface area contributed by atoms with Gasteiger partial charge in [-0.3, -0.25) is 14.5 Å². The molecule has 35 heavy (non-hydrogen) atoms. The Morgan fingerprint density at radius 1 is 1.37 bits per heavy atom. The number of aryl methyl sites for hydroxylation is 2. The number of aliphatic carboxylic acids is 1. The van der Waals surface area contributed by atoms with Gasteiger partial charge >= 0.3 is 29.6 Å². The van der Waals surface area contributed by atoms with Gasteiger partial charge in [-0.15, -0.1) is 46.2 Å². The molecule has 2 aromatic heterocycles. The van der Waals surface area contributed by atoms with Crippen LogP contribution in [-0.2, 0) is 20.8 Å². The van der Waals surface area contributed by atoms with E-state index < -0.39 is 34.9 Å². The number of hydrogen-bond acceptors (Lipinski definition) is 14. The van der Waals surface area contributed by atoms with Crippen molar-refractivity contribution in [3.05, 3.63) is 32.2 Å². The number of nitrogens with two attached hydrogens (primary N) is 2.